The van der Waals surface area contributed by atoms with Crippen molar-refractivity contribution in [3.8, 4) is 0 Å². The van der Waals surface area contributed by atoms with Crippen molar-refractivity contribution in [1.82, 2.24) is 0 Å². The number of ether oxygens (including phenoxy) is 1. The smallest absolute Gasteiger partial charge is 0.173 e. The van der Waals surface area contributed by atoms with E-state index in [2.05, 4.69) is 6.58 Å². The first-order chi connectivity index (χ1) is 4.57. The minimum Gasteiger partial charge on any atom is -0.366 e. The van der Waals surface area contributed by atoms with Gasteiger partial charge in [0.15, 0.2) is 6.29 Å². The third-order valence-corrected chi connectivity index (χ3v) is 1.01. The van der Waals surface area contributed by atoms with Gasteiger partial charge in [0.1, 0.15) is 0 Å². The molecule has 0 aliphatic rings. The molecule has 3 heteroatoms. The molecule has 0 heterocycles. The first-order valence-corrected chi connectivity index (χ1v) is 3.29. The van der Waals surface area contributed by atoms with Crippen LogP contribution in [0.5, 0.6) is 0 Å². The molecular weight excluding hydrogens is 130 g/mol. The number of aliphatic hydroxyl groups excluding tert-OH is 1. The van der Waals surface area contributed by atoms with E-state index in [1.54, 1.807) is 0 Å². The zero-order valence-corrected chi connectivity index (χ0v) is 6.45. The maximum Gasteiger partial charge on any atom is 0.173 e. The lowest BCUT2D eigenvalue weighted by atomic mass is 10.3. The van der Waals surface area contributed by atoms with E-state index in [0.29, 0.717) is 0 Å². The van der Waals surface area contributed by atoms with Gasteiger partial charge in [0.25, 0.3) is 0 Å². The fourth-order valence-corrected chi connectivity index (χ4v) is 0.486. The number of hydrogen-bond acceptors (Lipinski definition) is 3. The number of hydrogen-bond donors (Lipinski definition) is 2. The molecule has 0 aromatic heterocycles. The summed E-state index contributed by atoms with van der Waals surface area (Å²) in [6.07, 6.45) is 0.506. The summed E-state index contributed by atoms with van der Waals surface area (Å²) in [7, 11) is 0. The number of aliphatic hydroxyl groups is 1. The topological polar surface area (TPSA) is 55.5 Å². The second kappa shape index (κ2) is 4.44. The Bertz CT molecular complexity index is 104. The molecule has 3 N–H and O–H groups in total. The number of rotatable bonds is 4. The summed E-state index contributed by atoms with van der Waals surface area (Å²) < 4.78 is 4.96. The van der Waals surface area contributed by atoms with Gasteiger partial charge in [0.05, 0.1) is 12.1 Å². The first kappa shape index (κ1) is 9.62. The quantitative estimate of drug-likeness (QED) is 0.440. The van der Waals surface area contributed by atoms with Gasteiger partial charge in [-0.15, -0.1) is 6.58 Å². The predicted octanol–water partition coefficient (Wildman–Crippen LogP) is 0.243. The minimum absolute atomic E-state index is 0.0130. The lowest BCUT2D eigenvalue weighted by Gasteiger charge is -2.18. The molecule has 0 bridgehead atoms. The zero-order chi connectivity index (χ0) is 8.15. The van der Waals surface area contributed by atoms with E-state index in [1.807, 2.05) is 13.8 Å². The van der Waals surface area contributed by atoms with E-state index in [0.717, 1.165) is 0 Å². The van der Waals surface area contributed by atoms with Gasteiger partial charge >= 0.3 is 0 Å². The van der Waals surface area contributed by atoms with Crippen LogP contribution in [0.25, 0.3) is 0 Å². The van der Waals surface area contributed by atoms with Crippen molar-refractivity contribution in [2.24, 2.45) is 5.73 Å². The third kappa shape index (κ3) is 3.61. The Balaban J connectivity index is 3.60. The molecule has 0 rings (SSSR count). The van der Waals surface area contributed by atoms with Crippen LogP contribution in [0.15, 0.2) is 12.7 Å². The SMILES string of the molecule is C=C[C@H](N)C(O)OC(C)C. The van der Waals surface area contributed by atoms with Gasteiger partial charge in [-0.1, -0.05) is 6.08 Å². The molecule has 1 unspecified atom stereocenters. The molecule has 10 heavy (non-hydrogen) atoms. The Kier molecular flexibility index (Phi) is 4.27. The summed E-state index contributed by atoms with van der Waals surface area (Å²) >= 11 is 0. The van der Waals surface area contributed by atoms with Crippen LogP contribution in [0.2, 0.25) is 0 Å². The van der Waals surface area contributed by atoms with Gasteiger partial charge in [-0.2, -0.15) is 0 Å². The molecule has 0 saturated heterocycles. The molecule has 0 aromatic rings. The fourth-order valence-electron chi connectivity index (χ4n) is 0.486. The molecule has 2 atom stereocenters. The summed E-state index contributed by atoms with van der Waals surface area (Å²) in [5.41, 5.74) is 5.37. The molecule has 0 aliphatic heterocycles. The van der Waals surface area contributed by atoms with E-state index in [9.17, 15) is 0 Å². The molecule has 0 aromatic carbocycles. The van der Waals surface area contributed by atoms with Gasteiger partial charge in [-0.25, -0.2) is 0 Å². The zero-order valence-electron chi connectivity index (χ0n) is 6.45. The maximum absolute atomic E-state index is 9.07. The van der Waals surface area contributed by atoms with Crippen molar-refractivity contribution in [1.29, 1.82) is 0 Å². The lowest BCUT2D eigenvalue weighted by molar-refractivity contribution is -0.130. The fraction of sp³-hybridized carbons (Fsp3) is 0.714. The largest absolute Gasteiger partial charge is 0.366 e. The van der Waals surface area contributed by atoms with E-state index in [4.69, 9.17) is 15.6 Å². The van der Waals surface area contributed by atoms with Gasteiger partial charge in [-0.3, -0.25) is 0 Å². The van der Waals surface area contributed by atoms with Crippen molar-refractivity contribution in [2.45, 2.75) is 32.3 Å². The van der Waals surface area contributed by atoms with Crippen LogP contribution in [0, 0.1) is 0 Å². The maximum atomic E-state index is 9.07. The van der Waals surface area contributed by atoms with Gasteiger partial charge in [-0.05, 0) is 13.8 Å². The van der Waals surface area contributed by atoms with Crippen LogP contribution < -0.4 is 5.73 Å². The number of nitrogens with two attached hydrogens (primary N) is 1. The van der Waals surface area contributed by atoms with Crippen LogP contribution in [0.4, 0.5) is 0 Å². The summed E-state index contributed by atoms with van der Waals surface area (Å²) in [5, 5.41) is 9.07. The normalized spacial score (nSPS) is 16.9. The van der Waals surface area contributed by atoms with Crippen LogP contribution in [0.3, 0.4) is 0 Å². The molecule has 0 saturated carbocycles. The molecule has 0 radical (unpaired) electrons. The second-order valence-electron chi connectivity index (χ2n) is 2.39. The summed E-state index contributed by atoms with van der Waals surface area (Å²) in [5.74, 6) is 0. The highest BCUT2D eigenvalue weighted by Crippen LogP contribution is 1.98. The van der Waals surface area contributed by atoms with E-state index in [1.165, 1.54) is 6.08 Å². The van der Waals surface area contributed by atoms with Crippen molar-refractivity contribution in [3.05, 3.63) is 12.7 Å². The van der Waals surface area contributed by atoms with Crippen molar-refractivity contribution in [2.75, 3.05) is 0 Å². The monoisotopic (exact) mass is 145 g/mol. The molecule has 60 valence electrons. The standard InChI is InChI=1S/C7H15NO2/c1-4-6(8)7(9)10-5(2)3/h4-7,9H,1,8H2,2-3H3/t6-,7?/m0/s1. The highest BCUT2D eigenvalue weighted by molar-refractivity contribution is 4.84. The molecular formula is C7H15NO2. The Morgan fingerprint density at radius 1 is 1.60 bits per heavy atom. The average molecular weight is 145 g/mol. The summed E-state index contributed by atoms with van der Waals surface area (Å²) in [6, 6.07) is -0.498. The van der Waals surface area contributed by atoms with Crippen molar-refractivity contribution in [3.63, 3.8) is 0 Å². The Labute approximate surface area is 61.5 Å². The Hall–Kier alpha value is -0.380. The van der Waals surface area contributed by atoms with E-state index >= 15 is 0 Å². The van der Waals surface area contributed by atoms with Crippen LogP contribution in [-0.2, 0) is 4.74 Å². The van der Waals surface area contributed by atoms with Crippen molar-refractivity contribution >= 4 is 0 Å². The van der Waals surface area contributed by atoms with Gasteiger partial charge < -0.3 is 15.6 Å². The molecule has 0 aliphatic carbocycles. The predicted molar refractivity (Wildman–Crippen MR) is 40.4 cm³/mol. The van der Waals surface area contributed by atoms with Crippen LogP contribution in [0.1, 0.15) is 13.8 Å². The van der Waals surface area contributed by atoms with E-state index in [-0.39, 0.29) is 6.10 Å². The van der Waals surface area contributed by atoms with Crippen molar-refractivity contribution < 1.29 is 9.84 Å². The highest BCUT2D eigenvalue weighted by Gasteiger charge is 2.12. The third-order valence-electron chi connectivity index (χ3n) is 1.01. The van der Waals surface area contributed by atoms with E-state index < -0.39 is 12.3 Å². The summed E-state index contributed by atoms with van der Waals surface area (Å²) in [6.45, 7) is 7.09. The highest BCUT2D eigenvalue weighted by atomic mass is 16.6. The molecule has 0 amide bonds. The Morgan fingerprint density at radius 3 is 2.40 bits per heavy atom. The van der Waals surface area contributed by atoms with Crippen LogP contribution in [-0.4, -0.2) is 23.5 Å². The second-order valence-corrected chi connectivity index (χ2v) is 2.39. The van der Waals surface area contributed by atoms with Gasteiger partial charge in [0, 0.05) is 0 Å². The van der Waals surface area contributed by atoms with Crippen LogP contribution >= 0.6 is 0 Å². The molecule has 3 nitrogen and oxygen atoms in total. The Morgan fingerprint density at radius 2 is 2.10 bits per heavy atom. The lowest BCUT2D eigenvalue weighted by Crippen LogP contribution is -2.36. The molecule has 0 fully saturated rings. The first-order valence-electron chi connectivity index (χ1n) is 3.29. The molecule has 0 spiro atoms. The average Bonchev–Trinajstić information content (AvgIpc) is 1.85. The van der Waals surface area contributed by atoms with Gasteiger partial charge in [0.2, 0.25) is 0 Å². The summed E-state index contributed by atoms with van der Waals surface area (Å²) in [4.78, 5) is 0. The minimum atomic E-state index is -0.933.